The minimum Gasteiger partial charge on any atom is -0.495 e. The number of hydrogen-bond acceptors (Lipinski definition) is 4. The van der Waals surface area contributed by atoms with Crippen LogP contribution in [0, 0.1) is 10.1 Å². The van der Waals surface area contributed by atoms with Gasteiger partial charge in [0.15, 0.2) is 5.11 Å². The van der Waals surface area contributed by atoms with E-state index in [2.05, 4.69) is 17.6 Å². The molecule has 0 aliphatic rings. The van der Waals surface area contributed by atoms with Crippen LogP contribution in [-0.2, 0) is 6.42 Å². The largest absolute Gasteiger partial charge is 0.495 e. The van der Waals surface area contributed by atoms with Gasteiger partial charge in [-0.1, -0.05) is 25.1 Å². The van der Waals surface area contributed by atoms with Crippen LogP contribution in [0.2, 0.25) is 0 Å². The van der Waals surface area contributed by atoms with Crippen LogP contribution < -0.4 is 15.4 Å². The van der Waals surface area contributed by atoms with Gasteiger partial charge >= 0.3 is 0 Å². The predicted molar refractivity (Wildman–Crippen MR) is 95.3 cm³/mol. The smallest absolute Gasteiger partial charge is 0.271 e. The van der Waals surface area contributed by atoms with E-state index in [1.807, 2.05) is 24.3 Å². The van der Waals surface area contributed by atoms with Crippen molar-refractivity contribution < 1.29 is 9.66 Å². The molecule has 2 aromatic carbocycles. The van der Waals surface area contributed by atoms with Gasteiger partial charge in [0.2, 0.25) is 0 Å². The van der Waals surface area contributed by atoms with Crippen molar-refractivity contribution >= 4 is 34.4 Å². The molecule has 0 bridgehead atoms. The second kappa shape index (κ2) is 7.55. The maximum Gasteiger partial charge on any atom is 0.271 e. The molecule has 0 saturated carbocycles. The number of para-hydroxylation sites is 1. The number of anilines is 2. The molecule has 6 nitrogen and oxygen atoms in total. The molecule has 120 valence electrons. The zero-order valence-electron chi connectivity index (χ0n) is 12.8. The third-order valence-corrected chi connectivity index (χ3v) is 3.49. The number of thiocarbonyl (C=S) groups is 1. The summed E-state index contributed by atoms with van der Waals surface area (Å²) in [6.07, 6.45) is 0.867. The number of aryl methyl sites for hydroxylation is 1. The van der Waals surface area contributed by atoms with E-state index in [1.54, 1.807) is 0 Å². The van der Waals surface area contributed by atoms with E-state index in [9.17, 15) is 10.1 Å². The fourth-order valence-electron chi connectivity index (χ4n) is 2.13. The number of nitrogens with zero attached hydrogens (tertiary/aromatic N) is 1. The van der Waals surface area contributed by atoms with Crippen molar-refractivity contribution in [2.75, 3.05) is 17.7 Å². The lowest BCUT2D eigenvalue weighted by molar-refractivity contribution is -0.384. The van der Waals surface area contributed by atoms with Crippen molar-refractivity contribution in [1.29, 1.82) is 0 Å². The van der Waals surface area contributed by atoms with Crippen LogP contribution in [0.25, 0.3) is 0 Å². The predicted octanol–water partition coefficient (Wildman–Crippen LogP) is 3.97. The van der Waals surface area contributed by atoms with E-state index in [1.165, 1.54) is 25.3 Å². The van der Waals surface area contributed by atoms with E-state index in [0.29, 0.717) is 16.5 Å². The van der Waals surface area contributed by atoms with Crippen LogP contribution in [0.15, 0.2) is 42.5 Å². The highest BCUT2D eigenvalue weighted by atomic mass is 32.1. The minimum atomic E-state index is -0.465. The highest BCUT2D eigenvalue weighted by Gasteiger charge is 2.12. The second-order valence-corrected chi connectivity index (χ2v) is 5.14. The Hall–Kier alpha value is -2.67. The number of hydrogen-bond donors (Lipinski definition) is 2. The summed E-state index contributed by atoms with van der Waals surface area (Å²) in [5.74, 6) is 0.475. The molecular weight excluding hydrogens is 314 g/mol. The Bertz CT molecular complexity index is 734. The van der Waals surface area contributed by atoms with Crippen molar-refractivity contribution in [2.45, 2.75) is 13.3 Å². The quantitative estimate of drug-likeness (QED) is 0.490. The molecule has 0 saturated heterocycles. The fraction of sp³-hybridized carbons (Fsp3) is 0.188. The highest BCUT2D eigenvalue weighted by molar-refractivity contribution is 7.80. The molecule has 0 heterocycles. The number of non-ortho nitro benzene ring substituents is 1. The van der Waals surface area contributed by atoms with E-state index < -0.39 is 4.92 Å². The number of ether oxygens (including phenoxy) is 1. The van der Waals surface area contributed by atoms with Crippen molar-refractivity contribution in [3.8, 4) is 5.75 Å². The average Bonchev–Trinajstić information content (AvgIpc) is 2.55. The maximum absolute atomic E-state index is 10.9. The molecule has 2 N–H and O–H groups in total. The molecule has 0 aliphatic carbocycles. The summed E-state index contributed by atoms with van der Waals surface area (Å²) in [7, 11) is 1.50. The summed E-state index contributed by atoms with van der Waals surface area (Å²) >= 11 is 5.29. The number of methoxy groups -OCH3 is 1. The third kappa shape index (κ3) is 4.17. The first kappa shape index (κ1) is 16.7. The number of benzene rings is 2. The number of nitro groups is 1. The van der Waals surface area contributed by atoms with Crippen LogP contribution in [-0.4, -0.2) is 17.1 Å². The molecule has 7 heteroatoms. The van der Waals surface area contributed by atoms with Gasteiger partial charge in [-0.05, 0) is 36.3 Å². The van der Waals surface area contributed by atoms with Gasteiger partial charge in [-0.15, -0.1) is 0 Å². The van der Waals surface area contributed by atoms with Crippen molar-refractivity contribution in [3.63, 3.8) is 0 Å². The van der Waals surface area contributed by atoms with Gasteiger partial charge in [0.1, 0.15) is 5.75 Å². The van der Waals surface area contributed by atoms with Crippen molar-refractivity contribution in [3.05, 3.63) is 58.1 Å². The Morgan fingerprint density at radius 3 is 2.57 bits per heavy atom. The zero-order valence-corrected chi connectivity index (χ0v) is 13.6. The van der Waals surface area contributed by atoms with Crippen LogP contribution in [0.3, 0.4) is 0 Å². The highest BCUT2D eigenvalue weighted by Crippen LogP contribution is 2.29. The van der Waals surface area contributed by atoms with Gasteiger partial charge in [0.05, 0.1) is 17.7 Å². The van der Waals surface area contributed by atoms with Gasteiger partial charge in [0.25, 0.3) is 5.69 Å². The number of nitro benzene ring substituents is 1. The summed E-state index contributed by atoms with van der Waals surface area (Å²) in [5.41, 5.74) is 2.43. The molecule has 0 atom stereocenters. The lowest BCUT2D eigenvalue weighted by Crippen LogP contribution is -2.20. The van der Waals surface area contributed by atoms with Crippen LogP contribution in [0.1, 0.15) is 12.5 Å². The van der Waals surface area contributed by atoms with Crippen LogP contribution in [0.5, 0.6) is 5.75 Å². The van der Waals surface area contributed by atoms with Crippen LogP contribution in [0.4, 0.5) is 17.1 Å². The van der Waals surface area contributed by atoms with Gasteiger partial charge in [-0.25, -0.2) is 0 Å². The summed E-state index contributed by atoms with van der Waals surface area (Å²) in [5, 5.41) is 17.3. The zero-order chi connectivity index (χ0) is 16.8. The van der Waals surface area contributed by atoms with E-state index in [4.69, 9.17) is 17.0 Å². The van der Waals surface area contributed by atoms with Crippen molar-refractivity contribution in [2.24, 2.45) is 0 Å². The molecule has 2 aromatic rings. The molecule has 0 radical (unpaired) electrons. The lowest BCUT2D eigenvalue weighted by atomic mass is 10.1. The number of rotatable bonds is 5. The summed E-state index contributed by atoms with van der Waals surface area (Å²) in [6.45, 7) is 2.06. The molecule has 0 spiro atoms. The Kier molecular flexibility index (Phi) is 5.48. The van der Waals surface area contributed by atoms with Gasteiger partial charge in [-0.3, -0.25) is 10.1 Å². The Morgan fingerprint density at radius 2 is 1.91 bits per heavy atom. The molecule has 2 rings (SSSR count). The Balaban J connectivity index is 2.19. The summed E-state index contributed by atoms with van der Waals surface area (Å²) < 4.78 is 5.20. The number of nitrogens with one attached hydrogen (secondary N) is 2. The molecule has 23 heavy (non-hydrogen) atoms. The average molecular weight is 331 g/mol. The summed E-state index contributed by atoms with van der Waals surface area (Å²) in [6, 6.07) is 12.1. The van der Waals surface area contributed by atoms with E-state index in [-0.39, 0.29) is 5.69 Å². The van der Waals surface area contributed by atoms with Gasteiger partial charge in [0, 0.05) is 17.8 Å². The fourth-order valence-corrected chi connectivity index (χ4v) is 2.35. The molecule has 0 amide bonds. The van der Waals surface area contributed by atoms with E-state index >= 15 is 0 Å². The Labute approximate surface area is 139 Å². The topological polar surface area (TPSA) is 76.4 Å². The molecule has 0 aromatic heterocycles. The first-order valence-electron chi connectivity index (χ1n) is 7.03. The minimum absolute atomic E-state index is 0.0370. The Morgan fingerprint density at radius 1 is 1.22 bits per heavy atom. The third-order valence-electron chi connectivity index (χ3n) is 3.29. The summed E-state index contributed by atoms with van der Waals surface area (Å²) in [4.78, 5) is 10.4. The molecule has 0 fully saturated rings. The second-order valence-electron chi connectivity index (χ2n) is 4.73. The van der Waals surface area contributed by atoms with Gasteiger partial charge in [-0.2, -0.15) is 0 Å². The normalized spacial score (nSPS) is 10.0. The van der Waals surface area contributed by atoms with Gasteiger partial charge < -0.3 is 15.4 Å². The molecular formula is C16H17N3O3S. The maximum atomic E-state index is 10.9. The molecule has 0 aliphatic heterocycles. The van der Waals surface area contributed by atoms with E-state index in [0.717, 1.165) is 17.7 Å². The SMILES string of the molecule is CCc1ccccc1NC(=S)Nc1cc([N+](=O)[O-])ccc1OC. The van der Waals surface area contributed by atoms with Crippen molar-refractivity contribution in [1.82, 2.24) is 0 Å². The first-order chi connectivity index (χ1) is 11.0. The monoisotopic (exact) mass is 331 g/mol. The lowest BCUT2D eigenvalue weighted by Gasteiger charge is -2.15. The van der Waals surface area contributed by atoms with Crippen LogP contribution >= 0.6 is 12.2 Å². The molecule has 0 unspecified atom stereocenters. The first-order valence-corrected chi connectivity index (χ1v) is 7.44. The standard InChI is InChI=1S/C16H17N3O3S/c1-3-11-6-4-5-7-13(11)17-16(23)18-14-10-12(19(20)21)8-9-15(14)22-2/h4-10H,3H2,1-2H3,(H2,17,18,23).